The maximum Gasteiger partial charge on any atom is 0.160 e. The summed E-state index contributed by atoms with van der Waals surface area (Å²) < 4.78 is 10.6. The molecule has 3 nitrogen and oxygen atoms in total. The van der Waals surface area contributed by atoms with Crippen LogP contribution in [0, 0.1) is 0 Å². The molecule has 19 heavy (non-hydrogen) atoms. The molecular formula is C16H25NO2. The molecule has 1 unspecified atom stereocenters. The fourth-order valence-electron chi connectivity index (χ4n) is 2.06. The first kappa shape index (κ1) is 15.6. The zero-order valence-corrected chi connectivity index (χ0v) is 12.5. The summed E-state index contributed by atoms with van der Waals surface area (Å²) in [6.07, 6.45) is 3.13. The van der Waals surface area contributed by atoms with Crippen LogP contribution in [-0.4, -0.2) is 27.3 Å². The van der Waals surface area contributed by atoms with Crippen LogP contribution in [0.2, 0.25) is 0 Å². The van der Waals surface area contributed by atoms with E-state index in [0.717, 1.165) is 30.8 Å². The van der Waals surface area contributed by atoms with Crippen LogP contribution in [0.1, 0.15) is 25.3 Å². The Hall–Kier alpha value is -1.48. The maximum absolute atomic E-state index is 5.33. The van der Waals surface area contributed by atoms with Crippen LogP contribution in [0.25, 0.3) is 0 Å². The van der Waals surface area contributed by atoms with Crippen LogP contribution >= 0.6 is 0 Å². The molecule has 1 aromatic carbocycles. The van der Waals surface area contributed by atoms with Crippen LogP contribution < -0.4 is 14.8 Å². The number of methoxy groups -OCH3 is 2. The van der Waals surface area contributed by atoms with E-state index in [1.54, 1.807) is 14.2 Å². The average Bonchev–Trinajstić information content (AvgIpc) is 2.42. The van der Waals surface area contributed by atoms with E-state index in [0.29, 0.717) is 6.04 Å². The minimum absolute atomic E-state index is 0.454. The predicted octanol–water partition coefficient (Wildman–Crippen LogP) is 3.19. The number of hydrogen-bond acceptors (Lipinski definition) is 3. The largest absolute Gasteiger partial charge is 0.493 e. The second-order valence-corrected chi connectivity index (χ2v) is 4.87. The molecule has 3 heteroatoms. The Kier molecular flexibility index (Phi) is 6.43. The van der Waals surface area contributed by atoms with Gasteiger partial charge in [-0.1, -0.05) is 11.6 Å². The van der Waals surface area contributed by atoms with Gasteiger partial charge in [0, 0.05) is 6.04 Å². The highest BCUT2D eigenvalue weighted by atomic mass is 16.5. The summed E-state index contributed by atoms with van der Waals surface area (Å²) in [5.41, 5.74) is 2.48. The molecule has 0 fully saturated rings. The van der Waals surface area contributed by atoms with E-state index in [2.05, 4.69) is 24.9 Å². The highest BCUT2D eigenvalue weighted by molar-refractivity contribution is 5.43. The molecule has 106 valence electrons. The van der Waals surface area contributed by atoms with Gasteiger partial charge in [0.15, 0.2) is 11.5 Å². The predicted molar refractivity (Wildman–Crippen MR) is 80.1 cm³/mol. The minimum atomic E-state index is 0.454. The smallest absolute Gasteiger partial charge is 0.160 e. The van der Waals surface area contributed by atoms with Gasteiger partial charge in [0.2, 0.25) is 0 Å². The summed E-state index contributed by atoms with van der Waals surface area (Å²) in [6.45, 7) is 6.03. The summed E-state index contributed by atoms with van der Waals surface area (Å²) in [6, 6.07) is 6.55. The number of likely N-dealkylation sites (N-methyl/N-ethyl adjacent to an activating group) is 1. The lowest BCUT2D eigenvalue weighted by Crippen LogP contribution is -2.27. The Balaban J connectivity index is 2.71. The minimum Gasteiger partial charge on any atom is -0.493 e. The molecule has 0 aromatic heterocycles. The van der Waals surface area contributed by atoms with Crippen LogP contribution in [0.3, 0.4) is 0 Å². The second kappa shape index (κ2) is 7.85. The molecule has 0 bridgehead atoms. The van der Waals surface area contributed by atoms with E-state index < -0.39 is 0 Å². The Morgan fingerprint density at radius 1 is 1.26 bits per heavy atom. The fraction of sp³-hybridized carbons (Fsp3) is 0.500. The Bertz CT molecular complexity index is 415. The third-order valence-corrected chi connectivity index (χ3v) is 3.26. The van der Waals surface area contributed by atoms with Gasteiger partial charge in [-0.15, -0.1) is 6.58 Å². The molecule has 1 atom stereocenters. The Labute approximate surface area is 116 Å². The van der Waals surface area contributed by atoms with Crippen molar-refractivity contribution in [1.82, 2.24) is 5.32 Å². The Morgan fingerprint density at radius 2 is 1.95 bits per heavy atom. The van der Waals surface area contributed by atoms with Crippen molar-refractivity contribution in [1.29, 1.82) is 0 Å². The first-order valence-electron chi connectivity index (χ1n) is 6.63. The molecule has 0 spiro atoms. The van der Waals surface area contributed by atoms with Crippen molar-refractivity contribution in [3.05, 3.63) is 35.9 Å². The highest BCUT2D eigenvalue weighted by Gasteiger charge is 2.10. The van der Waals surface area contributed by atoms with Gasteiger partial charge in [0.25, 0.3) is 0 Å². The molecule has 1 aromatic rings. The summed E-state index contributed by atoms with van der Waals surface area (Å²) >= 11 is 0. The lowest BCUT2D eigenvalue weighted by atomic mass is 10.00. The third kappa shape index (κ3) is 4.95. The van der Waals surface area contributed by atoms with Gasteiger partial charge in [-0.25, -0.2) is 0 Å². The molecular weight excluding hydrogens is 238 g/mol. The lowest BCUT2D eigenvalue weighted by Gasteiger charge is -2.17. The van der Waals surface area contributed by atoms with Gasteiger partial charge >= 0.3 is 0 Å². The van der Waals surface area contributed by atoms with Crippen LogP contribution in [0.5, 0.6) is 11.5 Å². The molecule has 0 aliphatic rings. The molecule has 1 N–H and O–H groups in total. The van der Waals surface area contributed by atoms with Gasteiger partial charge in [-0.05, 0) is 50.9 Å². The van der Waals surface area contributed by atoms with Crippen LogP contribution in [0.15, 0.2) is 30.4 Å². The molecule has 0 saturated carbocycles. The molecule has 0 saturated heterocycles. The van der Waals surface area contributed by atoms with Gasteiger partial charge in [-0.2, -0.15) is 0 Å². The van der Waals surface area contributed by atoms with E-state index in [1.165, 1.54) is 11.1 Å². The number of ether oxygens (including phenoxy) is 2. The number of hydrogen-bond donors (Lipinski definition) is 1. The normalized spacial score (nSPS) is 12.0. The maximum atomic E-state index is 5.33. The van der Waals surface area contributed by atoms with Crippen molar-refractivity contribution in [3.8, 4) is 11.5 Å². The second-order valence-electron chi connectivity index (χ2n) is 4.87. The fourth-order valence-corrected chi connectivity index (χ4v) is 2.06. The third-order valence-electron chi connectivity index (χ3n) is 3.26. The quantitative estimate of drug-likeness (QED) is 0.731. The standard InChI is InChI=1S/C16H25NO2/c1-12(2)6-8-14(17-3)10-13-7-9-15(18-4)16(11-13)19-5/h7,9,11,14,17H,1,6,8,10H2,2-5H3. The van der Waals surface area contributed by atoms with Gasteiger partial charge < -0.3 is 14.8 Å². The van der Waals surface area contributed by atoms with Crippen molar-refractivity contribution in [2.75, 3.05) is 21.3 Å². The average molecular weight is 263 g/mol. The summed E-state index contributed by atoms with van der Waals surface area (Å²) in [5, 5.41) is 3.36. The summed E-state index contributed by atoms with van der Waals surface area (Å²) in [5.74, 6) is 1.56. The van der Waals surface area contributed by atoms with E-state index in [9.17, 15) is 0 Å². The zero-order valence-electron chi connectivity index (χ0n) is 12.5. The van der Waals surface area contributed by atoms with E-state index in [1.807, 2.05) is 19.2 Å². The molecule has 1 rings (SSSR count). The topological polar surface area (TPSA) is 30.5 Å². The zero-order chi connectivity index (χ0) is 14.3. The monoisotopic (exact) mass is 263 g/mol. The molecule has 0 radical (unpaired) electrons. The Morgan fingerprint density at radius 3 is 2.47 bits per heavy atom. The van der Waals surface area contributed by atoms with E-state index >= 15 is 0 Å². The van der Waals surface area contributed by atoms with Crippen molar-refractivity contribution in [2.24, 2.45) is 0 Å². The molecule has 0 heterocycles. The highest BCUT2D eigenvalue weighted by Crippen LogP contribution is 2.28. The lowest BCUT2D eigenvalue weighted by molar-refractivity contribution is 0.354. The summed E-state index contributed by atoms with van der Waals surface area (Å²) in [4.78, 5) is 0. The number of allylic oxidation sites excluding steroid dienone is 1. The van der Waals surface area contributed by atoms with Crippen molar-refractivity contribution in [2.45, 2.75) is 32.2 Å². The van der Waals surface area contributed by atoms with Crippen LogP contribution in [-0.2, 0) is 6.42 Å². The van der Waals surface area contributed by atoms with Gasteiger partial charge in [-0.3, -0.25) is 0 Å². The number of rotatable bonds is 8. The number of benzene rings is 1. The molecule has 0 amide bonds. The molecule has 0 aliphatic carbocycles. The van der Waals surface area contributed by atoms with Gasteiger partial charge in [0.05, 0.1) is 14.2 Å². The van der Waals surface area contributed by atoms with Crippen LogP contribution in [0.4, 0.5) is 0 Å². The molecule has 0 aliphatic heterocycles. The summed E-state index contributed by atoms with van der Waals surface area (Å²) in [7, 11) is 5.32. The van der Waals surface area contributed by atoms with E-state index in [4.69, 9.17) is 9.47 Å². The number of nitrogens with one attached hydrogen (secondary N) is 1. The first-order valence-corrected chi connectivity index (χ1v) is 6.63. The van der Waals surface area contributed by atoms with Crippen molar-refractivity contribution < 1.29 is 9.47 Å². The SMILES string of the molecule is C=C(C)CCC(Cc1ccc(OC)c(OC)c1)NC. The van der Waals surface area contributed by atoms with Crippen molar-refractivity contribution in [3.63, 3.8) is 0 Å². The van der Waals surface area contributed by atoms with Crippen molar-refractivity contribution >= 4 is 0 Å². The van der Waals surface area contributed by atoms with Gasteiger partial charge in [0.1, 0.15) is 0 Å². The van der Waals surface area contributed by atoms with E-state index in [-0.39, 0.29) is 0 Å². The first-order chi connectivity index (χ1) is 9.10.